The number of aryl methyl sites for hydroxylation is 1. The number of thioether (sulfide) groups is 1. The van der Waals surface area contributed by atoms with E-state index in [1.807, 2.05) is 43.5 Å². The molecule has 1 saturated heterocycles. The first kappa shape index (κ1) is 18.3. The highest BCUT2D eigenvalue weighted by Gasteiger charge is 2.31. The van der Waals surface area contributed by atoms with Crippen molar-refractivity contribution in [2.45, 2.75) is 20.8 Å². The van der Waals surface area contributed by atoms with Gasteiger partial charge >= 0.3 is 0 Å². The van der Waals surface area contributed by atoms with Gasteiger partial charge in [0.05, 0.1) is 15.5 Å². The Kier molecular flexibility index (Phi) is 4.97. The third-order valence-corrected chi connectivity index (χ3v) is 5.62. The molecule has 2 aromatic rings. The monoisotopic (exact) mass is 387 g/mol. The van der Waals surface area contributed by atoms with Crippen LogP contribution in [0, 0.1) is 24.0 Å². The molecule has 1 aromatic carbocycles. The van der Waals surface area contributed by atoms with Crippen LogP contribution in [-0.4, -0.2) is 31.2 Å². The van der Waals surface area contributed by atoms with Gasteiger partial charge in [-0.3, -0.25) is 19.8 Å². The average molecular weight is 387 g/mol. The second kappa shape index (κ2) is 7.05. The van der Waals surface area contributed by atoms with Crippen molar-refractivity contribution in [1.82, 2.24) is 9.47 Å². The molecule has 0 radical (unpaired) electrons. The van der Waals surface area contributed by atoms with Crippen LogP contribution in [0.15, 0.2) is 35.2 Å². The van der Waals surface area contributed by atoms with Crippen LogP contribution in [0.4, 0.5) is 5.69 Å². The normalized spacial score (nSPS) is 16.0. The van der Waals surface area contributed by atoms with Crippen LogP contribution in [0.25, 0.3) is 11.8 Å². The second-order valence-corrected chi connectivity index (χ2v) is 7.54. The summed E-state index contributed by atoms with van der Waals surface area (Å²) in [6.07, 6.45) is 1.84. The Labute approximate surface area is 160 Å². The van der Waals surface area contributed by atoms with Crippen LogP contribution in [0.1, 0.15) is 23.9 Å². The number of aromatic nitrogens is 1. The van der Waals surface area contributed by atoms with Gasteiger partial charge in [0, 0.05) is 30.1 Å². The fourth-order valence-corrected chi connectivity index (χ4v) is 4.37. The number of thiocarbonyl (C=S) groups is 1. The van der Waals surface area contributed by atoms with E-state index in [1.54, 1.807) is 17.0 Å². The molecule has 0 bridgehead atoms. The fraction of sp³-hybridized carbons (Fsp3) is 0.222. The Balaban J connectivity index is 2.03. The molecule has 1 aliphatic heterocycles. The lowest BCUT2D eigenvalue weighted by Gasteiger charge is -2.10. The van der Waals surface area contributed by atoms with E-state index in [4.69, 9.17) is 12.2 Å². The predicted octanol–water partition coefficient (Wildman–Crippen LogP) is 4.22. The van der Waals surface area contributed by atoms with Crippen molar-refractivity contribution in [3.63, 3.8) is 0 Å². The quantitative estimate of drug-likeness (QED) is 0.340. The molecule has 6 nitrogen and oxygen atoms in total. The molecular weight excluding hydrogens is 370 g/mol. The van der Waals surface area contributed by atoms with E-state index >= 15 is 0 Å². The van der Waals surface area contributed by atoms with Crippen LogP contribution >= 0.6 is 24.0 Å². The Morgan fingerprint density at radius 2 is 2.04 bits per heavy atom. The number of likely N-dealkylation sites (N-methyl/N-ethyl adjacent to an activating group) is 1. The van der Waals surface area contributed by atoms with Crippen molar-refractivity contribution in [3.05, 3.63) is 62.3 Å². The Bertz CT molecular complexity index is 963. The number of hydrogen-bond donors (Lipinski definition) is 0. The van der Waals surface area contributed by atoms with E-state index in [0.29, 0.717) is 15.8 Å². The zero-order valence-corrected chi connectivity index (χ0v) is 16.2. The topological polar surface area (TPSA) is 68.4 Å². The third kappa shape index (κ3) is 3.17. The zero-order valence-electron chi connectivity index (χ0n) is 14.6. The number of nitro benzene ring substituents is 1. The maximum Gasteiger partial charge on any atom is 0.271 e. The molecule has 1 fully saturated rings. The zero-order chi connectivity index (χ0) is 19.0. The average Bonchev–Trinajstić information content (AvgIpc) is 3.03. The first-order chi connectivity index (χ1) is 12.3. The minimum absolute atomic E-state index is 0.0420. The molecule has 0 atom stereocenters. The minimum Gasteiger partial charge on any atom is -0.318 e. The van der Waals surface area contributed by atoms with Gasteiger partial charge in [0.2, 0.25) is 0 Å². The Hall–Kier alpha value is -2.45. The van der Waals surface area contributed by atoms with Crippen molar-refractivity contribution in [2.24, 2.45) is 0 Å². The molecule has 0 saturated carbocycles. The van der Waals surface area contributed by atoms with Gasteiger partial charge in [0.15, 0.2) is 0 Å². The van der Waals surface area contributed by atoms with Crippen LogP contribution in [0.2, 0.25) is 0 Å². The van der Waals surface area contributed by atoms with Gasteiger partial charge in [-0.2, -0.15) is 0 Å². The summed E-state index contributed by atoms with van der Waals surface area (Å²) in [5, 5.41) is 11.0. The van der Waals surface area contributed by atoms with Gasteiger partial charge in [0.25, 0.3) is 11.6 Å². The van der Waals surface area contributed by atoms with E-state index in [0.717, 1.165) is 22.6 Å². The number of rotatable bonds is 4. The van der Waals surface area contributed by atoms with Gasteiger partial charge in [-0.05, 0) is 44.5 Å². The summed E-state index contributed by atoms with van der Waals surface area (Å²) < 4.78 is 2.51. The predicted molar refractivity (Wildman–Crippen MR) is 107 cm³/mol. The molecule has 0 spiro atoms. The summed E-state index contributed by atoms with van der Waals surface area (Å²) in [6, 6.07) is 8.47. The van der Waals surface area contributed by atoms with E-state index in [2.05, 4.69) is 0 Å². The van der Waals surface area contributed by atoms with E-state index in [-0.39, 0.29) is 11.6 Å². The van der Waals surface area contributed by atoms with E-state index in [1.165, 1.54) is 17.8 Å². The molecule has 8 heteroatoms. The minimum atomic E-state index is -0.408. The van der Waals surface area contributed by atoms with Gasteiger partial charge in [-0.15, -0.1) is 0 Å². The molecule has 3 rings (SSSR count). The highest BCUT2D eigenvalue weighted by molar-refractivity contribution is 8.26. The van der Waals surface area contributed by atoms with Crippen LogP contribution in [-0.2, 0) is 4.79 Å². The van der Waals surface area contributed by atoms with E-state index in [9.17, 15) is 14.9 Å². The highest BCUT2D eigenvalue weighted by atomic mass is 32.2. The Morgan fingerprint density at radius 1 is 1.31 bits per heavy atom. The molecule has 1 aromatic heterocycles. The van der Waals surface area contributed by atoms with E-state index < -0.39 is 4.92 Å². The summed E-state index contributed by atoms with van der Waals surface area (Å²) >= 11 is 6.54. The molecule has 0 aliphatic carbocycles. The first-order valence-corrected chi connectivity index (χ1v) is 9.25. The smallest absolute Gasteiger partial charge is 0.271 e. The first-order valence-electron chi connectivity index (χ1n) is 8.02. The SMILES string of the molecule is CCN1C(=O)/C(=C\c2cc(C)n(-c3cccc([N+](=O)[O-])c3)c2C)SC1=S. The standard InChI is InChI=1S/C18H17N3O3S2/c1-4-19-17(22)16(26-18(19)25)9-13-8-11(2)20(12(13)3)14-6-5-7-15(10-14)21(23)24/h5-10H,4H2,1-3H3/b16-9+. The van der Waals surface area contributed by atoms with Crippen molar-refractivity contribution in [2.75, 3.05) is 6.54 Å². The summed E-state index contributed by atoms with van der Waals surface area (Å²) in [5.41, 5.74) is 3.49. The molecule has 134 valence electrons. The largest absolute Gasteiger partial charge is 0.318 e. The highest BCUT2D eigenvalue weighted by Crippen LogP contribution is 2.34. The lowest BCUT2D eigenvalue weighted by atomic mass is 10.2. The number of non-ortho nitro benzene ring substituents is 1. The lowest BCUT2D eigenvalue weighted by molar-refractivity contribution is -0.384. The van der Waals surface area contributed by atoms with Gasteiger partial charge < -0.3 is 4.57 Å². The maximum atomic E-state index is 12.4. The maximum absolute atomic E-state index is 12.4. The van der Waals surface area contributed by atoms with Crippen LogP contribution < -0.4 is 0 Å². The molecular formula is C18H17N3O3S2. The molecule has 0 unspecified atom stereocenters. The second-order valence-electron chi connectivity index (χ2n) is 5.86. The van der Waals surface area contributed by atoms with Crippen molar-refractivity contribution < 1.29 is 9.72 Å². The molecule has 26 heavy (non-hydrogen) atoms. The van der Waals surface area contributed by atoms with Crippen molar-refractivity contribution >= 4 is 46.0 Å². The Morgan fingerprint density at radius 3 is 2.65 bits per heavy atom. The molecule has 0 N–H and O–H groups in total. The summed E-state index contributed by atoms with van der Waals surface area (Å²) in [5.74, 6) is -0.0809. The summed E-state index contributed by atoms with van der Waals surface area (Å²) in [4.78, 5) is 25.2. The lowest BCUT2D eigenvalue weighted by Crippen LogP contribution is -2.27. The van der Waals surface area contributed by atoms with Crippen LogP contribution in [0.3, 0.4) is 0 Å². The number of hydrogen-bond acceptors (Lipinski definition) is 5. The van der Waals surface area contributed by atoms with Gasteiger partial charge in [-0.1, -0.05) is 30.0 Å². The van der Waals surface area contributed by atoms with Gasteiger partial charge in [-0.25, -0.2) is 0 Å². The number of benzene rings is 1. The number of amides is 1. The van der Waals surface area contributed by atoms with Crippen LogP contribution in [0.5, 0.6) is 0 Å². The summed E-state index contributed by atoms with van der Waals surface area (Å²) in [7, 11) is 0. The third-order valence-electron chi connectivity index (χ3n) is 4.25. The molecule has 1 amide bonds. The number of carbonyl (C=O) groups excluding carboxylic acids is 1. The number of nitro groups is 1. The van der Waals surface area contributed by atoms with Crippen molar-refractivity contribution in [1.29, 1.82) is 0 Å². The molecule has 1 aliphatic rings. The number of carbonyl (C=O) groups is 1. The molecule has 2 heterocycles. The fourth-order valence-electron chi connectivity index (χ4n) is 2.99. The van der Waals surface area contributed by atoms with Crippen molar-refractivity contribution in [3.8, 4) is 5.69 Å². The summed E-state index contributed by atoms with van der Waals surface area (Å²) in [6.45, 7) is 6.30. The number of nitrogens with zero attached hydrogens (tertiary/aromatic N) is 3. The van der Waals surface area contributed by atoms with Gasteiger partial charge in [0.1, 0.15) is 4.32 Å².